The van der Waals surface area contributed by atoms with Gasteiger partial charge in [-0.3, -0.25) is 0 Å². The maximum absolute atomic E-state index is 13.1. The Kier molecular flexibility index (Phi) is 4.95. The zero-order valence-electron chi connectivity index (χ0n) is 13.6. The van der Waals surface area contributed by atoms with Gasteiger partial charge in [0.15, 0.2) is 0 Å². The highest BCUT2D eigenvalue weighted by molar-refractivity contribution is 7.80. The van der Waals surface area contributed by atoms with Crippen molar-refractivity contribution < 1.29 is 22.5 Å². The Morgan fingerprint density at radius 2 is 1.65 bits per heavy atom. The first-order valence-electron chi connectivity index (χ1n) is 7.31. The zero-order chi connectivity index (χ0) is 17.5. The SMILES string of the molecule is CC1(C)OB(C(=Cc2ccccc2C(F)(F)F)CS)OC1(C)C. The van der Waals surface area contributed by atoms with Gasteiger partial charge in [-0.1, -0.05) is 24.3 Å². The molecule has 0 unspecified atom stereocenters. The van der Waals surface area contributed by atoms with Crippen LogP contribution >= 0.6 is 12.6 Å². The van der Waals surface area contributed by atoms with Crippen LogP contribution in [0.1, 0.15) is 38.8 Å². The molecule has 2 rings (SSSR count). The fourth-order valence-corrected chi connectivity index (χ4v) is 2.50. The summed E-state index contributed by atoms with van der Waals surface area (Å²) in [5.74, 6) is 0.239. The minimum Gasteiger partial charge on any atom is -0.400 e. The van der Waals surface area contributed by atoms with Gasteiger partial charge in [0.25, 0.3) is 0 Å². The number of alkyl halides is 3. The molecule has 0 bridgehead atoms. The highest BCUT2D eigenvalue weighted by atomic mass is 32.1. The molecule has 1 fully saturated rings. The normalized spacial score (nSPS) is 20.9. The number of halogens is 3. The van der Waals surface area contributed by atoms with E-state index in [0.717, 1.165) is 6.07 Å². The standard InChI is InChI=1S/C16H20BF3O2S/c1-14(2)15(3,4)22-17(21-14)12(10-23)9-11-7-5-6-8-13(11)16(18,19)20/h5-9,23H,10H2,1-4H3. The predicted octanol–water partition coefficient (Wildman–Crippen LogP) is 4.65. The molecule has 1 aliphatic heterocycles. The van der Waals surface area contributed by atoms with Crippen LogP contribution in [0.15, 0.2) is 29.7 Å². The van der Waals surface area contributed by atoms with Crippen LogP contribution in [0.3, 0.4) is 0 Å². The molecule has 7 heteroatoms. The van der Waals surface area contributed by atoms with Crippen molar-refractivity contribution in [2.45, 2.75) is 45.1 Å². The second-order valence-electron chi connectivity index (χ2n) is 6.55. The van der Waals surface area contributed by atoms with Crippen molar-refractivity contribution in [2.75, 3.05) is 5.75 Å². The van der Waals surface area contributed by atoms with Gasteiger partial charge < -0.3 is 9.31 Å². The summed E-state index contributed by atoms with van der Waals surface area (Å²) in [4.78, 5) is 0. The Balaban J connectivity index is 2.39. The van der Waals surface area contributed by atoms with Crippen LogP contribution in [-0.2, 0) is 15.5 Å². The molecule has 126 valence electrons. The van der Waals surface area contributed by atoms with Gasteiger partial charge >= 0.3 is 13.3 Å². The number of hydrogen-bond donors (Lipinski definition) is 1. The molecule has 1 heterocycles. The Morgan fingerprint density at radius 1 is 1.13 bits per heavy atom. The summed E-state index contributed by atoms with van der Waals surface area (Å²) in [5.41, 5.74) is -1.15. The van der Waals surface area contributed by atoms with Gasteiger partial charge in [-0.05, 0) is 44.8 Å². The molecular weight excluding hydrogens is 324 g/mol. The van der Waals surface area contributed by atoms with Crippen molar-refractivity contribution >= 4 is 25.8 Å². The maximum atomic E-state index is 13.1. The van der Waals surface area contributed by atoms with Crippen LogP contribution < -0.4 is 0 Å². The molecule has 0 spiro atoms. The van der Waals surface area contributed by atoms with E-state index in [4.69, 9.17) is 9.31 Å². The third-order valence-corrected chi connectivity index (χ3v) is 4.71. The van der Waals surface area contributed by atoms with Crippen molar-refractivity contribution in [3.8, 4) is 0 Å². The molecule has 23 heavy (non-hydrogen) atoms. The summed E-state index contributed by atoms with van der Waals surface area (Å²) in [5, 5.41) is 0. The second kappa shape index (κ2) is 6.18. The van der Waals surface area contributed by atoms with E-state index < -0.39 is 30.1 Å². The summed E-state index contributed by atoms with van der Waals surface area (Å²) < 4.78 is 51.1. The lowest BCUT2D eigenvalue weighted by Crippen LogP contribution is -2.41. The van der Waals surface area contributed by atoms with Crippen molar-refractivity contribution in [1.82, 2.24) is 0 Å². The van der Waals surface area contributed by atoms with Gasteiger partial charge in [-0.25, -0.2) is 0 Å². The van der Waals surface area contributed by atoms with Crippen LogP contribution in [-0.4, -0.2) is 24.1 Å². The third kappa shape index (κ3) is 3.78. The minimum atomic E-state index is -4.41. The van der Waals surface area contributed by atoms with E-state index in [-0.39, 0.29) is 11.3 Å². The topological polar surface area (TPSA) is 18.5 Å². The summed E-state index contributed by atoms with van der Waals surface area (Å²) in [6.07, 6.45) is -2.96. The summed E-state index contributed by atoms with van der Waals surface area (Å²) in [6.45, 7) is 7.58. The zero-order valence-corrected chi connectivity index (χ0v) is 14.5. The quantitative estimate of drug-likeness (QED) is 0.636. The van der Waals surface area contributed by atoms with E-state index >= 15 is 0 Å². The lowest BCUT2D eigenvalue weighted by molar-refractivity contribution is -0.137. The molecule has 0 saturated carbocycles. The molecule has 0 aliphatic carbocycles. The smallest absolute Gasteiger partial charge is 0.400 e. The van der Waals surface area contributed by atoms with Gasteiger partial charge in [-0.2, -0.15) is 25.8 Å². The summed E-state index contributed by atoms with van der Waals surface area (Å²) >= 11 is 4.23. The average Bonchev–Trinajstić information content (AvgIpc) is 2.64. The molecule has 1 aromatic carbocycles. The molecular formula is C16H20BF3O2S. The number of thiol groups is 1. The second-order valence-corrected chi connectivity index (χ2v) is 6.87. The first-order valence-corrected chi connectivity index (χ1v) is 7.94. The van der Waals surface area contributed by atoms with Crippen molar-refractivity contribution in [3.05, 3.63) is 40.9 Å². The van der Waals surface area contributed by atoms with Gasteiger partial charge in [0.1, 0.15) is 0 Å². The van der Waals surface area contributed by atoms with E-state index in [9.17, 15) is 13.2 Å². The van der Waals surface area contributed by atoms with Crippen molar-refractivity contribution in [2.24, 2.45) is 0 Å². The molecule has 0 N–H and O–H groups in total. The maximum Gasteiger partial charge on any atom is 0.491 e. The fourth-order valence-electron chi connectivity index (χ4n) is 2.26. The minimum absolute atomic E-state index is 0.0822. The lowest BCUT2D eigenvalue weighted by atomic mass is 9.78. The Morgan fingerprint density at radius 3 is 2.13 bits per heavy atom. The third-order valence-electron chi connectivity index (χ3n) is 4.35. The van der Waals surface area contributed by atoms with Crippen LogP contribution in [0, 0.1) is 0 Å². The Hall–Kier alpha value is -0.915. The molecule has 1 aromatic rings. The first-order chi connectivity index (χ1) is 10.5. The summed E-state index contributed by atoms with van der Waals surface area (Å²) in [7, 11) is -0.709. The monoisotopic (exact) mass is 344 g/mol. The van der Waals surface area contributed by atoms with Crippen molar-refractivity contribution in [1.29, 1.82) is 0 Å². The van der Waals surface area contributed by atoms with Gasteiger partial charge in [0, 0.05) is 5.75 Å². The van der Waals surface area contributed by atoms with E-state index in [2.05, 4.69) is 12.6 Å². The van der Waals surface area contributed by atoms with Crippen LogP contribution in [0.25, 0.3) is 6.08 Å². The number of rotatable bonds is 3. The first kappa shape index (κ1) is 18.4. The van der Waals surface area contributed by atoms with Gasteiger partial charge in [0.05, 0.1) is 16.8 Å². The molecule has 0 aromatic heterocycles. The highest BCUT2D eigenvalue weighted by Crippen LogP contribution is 2.39. The molecule has 1 saturated heterocycles. The van der Waals surface area contributed by atoms with Crippen LogP contribution in [0.5, 0.6) is 0 Å². The van der Waals surface area contributed by atoms with Gasteiger partial charge in [-0.15, -0.1) is 0 Å². The molecule has 0 amide bonds. The Bertz CT molecular complexity index is 596. The van der Waals surface area contributed by atoms with E-state index in [1.54, 1.807) is 6.07 Å². The predicted molar refractivity (Wildman–Crippen MR) is 89.4 cm³/mol. The molecule has 2 nitrogen and oxygen atoms in total. The van der Waals surface area contributed by atoms with E-state index in [0.29, 0.717) is 5.47 Å². The number of benzene rings is 1. The molecule has 0 radical (unpaired) electrons. The van der Waals surface area contributed by atoms with Crippen LogP contribution in [0.4, 0.5) is 13.2 Å². The van der Waals surface area contributed by atoms with E-state index in [1.165, 1.54) is 18.2 Å². The van der Waals surface area contributed by atoms with Crippen molar-refractivity contribution in [3.63, 3.8) is 0 Å². The fraction of sp³-hybridized carbons (Fsp3) is 0.500. The Labute approximate surface area is 140 Å². The van der Waals surface area contributed by atoms with Crippen LogP contribution in [0.2, 0.25) is 0 Å². The largest absolute Gasteiger partial charge is 0.491 e. The van der Waals surface area contributed by atoms with Gasteiger partial charge in [0.2, 0.25) is 0 Å². The highest BCUT2D eigenvalue weighted by Gasteiger charge is 2.52. The lowest BCUT2D eigenvalue weighted by Gasteiger charge is -2.32. The van der Waals surface area contributed by atoms with E-state index in [1.807, 2.05) is 27.7 Å². The molecule has 0 atom stereocenters. The molecule has 1 aliphatic rings. The summed E-state index contributed by atoms with van der Waals surface area (Å²) in [6, 6.07) is 5.43. The number of hydrogen-bond acceptors (Lipinski definition) is 3. The average molecular weight is 344 g/mol.